The Kier molecular flexibility index (Phi) is 7.72. The van der Waals surface area contributed by atoms with E-state index in [0.717, 1.165) is 37.2 Å². The quantitative estimate of drug-likeness (QED) is 0.687. The molecule has 0 saturated heterocycles. The number of hydrogen-bond donors (Lipinski definition) is 2. The molecule has 0 heterocycles. The van der Waals surface area contributed by atoms with Crippen molar-refractivity contribution in [2.24, 2.45) is 5.92 Å². The lowest BCUT2D eigenvalue weighted by atomic mass is 9.59. The van der Waals surface area contributed by atoms with Crippen LogP contribution in [0.5, 0.6) is 5.75 Å². The molecule has 2 N–H and O–H groups in total. The van der Waals surface area contributed by atoms with Crippen molar-refractivity contribution in [3.8, 4) is 5.75 Å². The van der Waals surface area contributed by atoms with Crippen LogP contribution in [-0.4, -0.2) is 43.0 Å². The van der Waals surface area contributed by atoms with Crippen molar-refractivity contribution in [2.45, 2.75) is 76.3 Å². The summed E-state index contributed by atoms with van der Waals surface area (Å²) in [6.45, 7) is 3.79. The van der Waals surface area contributed by atoms with Crippen LogP contribution in [0.2, 0.25) is 0 Å². The highest BCUT2D eigenvalue weighted by molar-refractivity contribution is 7.98. The Balaban J connectivity index is 1.92. The van der Waals surface area contributed by atoms with E-state index in [2.05, 4.69) is 35.8 Å². The standard InChI is InChI=1S/C24H36N2O3S/c1-16(27)25-21(11-13-30-4)23(28)26-22-18-8-6-5-7-12-24(22,2)20-15-19(29-3)10-9-17(20)14-18/h9-10,15,18,21-22H,5-8,11-14H2,1-4H3,(H,25,27)(H,26,28)/t18-,21-,22-,24+/m0/s1. The van der Waals surface area contributed by atoms with Crippen LogP contribution in [0.1, 0.15) is 63.5 Å². The third-order valence-electron chi connectivity index (χ3n) is 6.95. The minimum absolute atomic E-state index is 0.0487. The van der Waals surface area contributed by atoms with Gasteiger partial charge in [0.15, 0.2) is 0 Å². The molecule has 3 rings (SSSR count). The van der Waals surface area contributed by atoms with Gasteiger partial charge in [0.25, 0.3) is 0 Å². The Bertz CT molecular complexity index is 769. The molecule has 0 unspecified atom stereocenters. The van der Waals surface area contributed by atoms with Crippen LogP contribution in [0.25, 0.3) is 0 Å². The molecule has 1 fully saturated rings. The summed E-state index contributed by atoms with van der Waals surface area (Å²) in [4.78, 5) is 25.0. The lowest BCUT2D eigenvalue weighted by Crippen LogP contribution is -2.60. The van der Waals surface area contributed by atoms with Gasteiger partial charge in [-0.05, 0) is 66.9 Å². The second-order valence-corrected chi connectivity index (χ2v) is 10.0. The summed E-state index contributed by atoms with van der Waals surface area (Å²) >= 11 is 1.69. The maximum atomic E-state index is 13.3. The number of amides is 2. The molecular weight excluding hydrogens is 396 g/mol. The molecule has 0 aliphatic heterocycles. The molecular formula is C24H36N2O3S. The van der Waals surface area contributed by atoms with E-state index >= 15 is 0 Å². The van der Waals surface area contributed by atoms with Gasteiger partial charge in [-0.1, -0.05) is 32.3 Å². The highest BCUT2D eigenvalue weighted by Crippen LogP contribution is 2.47. The Morgan fingerprint density at radius 1 is 1.30 bits per heavy atom. The molecule has 5 nitrogen and oxygen atoms in total. The van der Waals surface area contributed by atoms with Gasteiger partial charge < -0.3 is 15.4 Å². The molecule has 30 heavy (non-hydrogen) atoms. The van der Waals surface area contributed by atoms with Crippen molar-refractivity contribution in [1.29, 1.82) is 0 Å². The maximum absolute atomic E-state index is 13.3. The molecule has 1 aromatic rings. The first kappa shape index (κ1) is 23.0. The molecule has 1 aromatic carbocycles. The Morgan fingerprint density at radius 3 is 2.80 bits per heavy atom. The zero-order valence-electron chi connectivity index (χ0n) is 18.8. The Labute approximate surface area is 185 Å². The van der Waals surface area contributed by atoms with Crippen molar-refractivity contribution in [3.05, 3.63) is 29.3 Å². The first-order chi connectivity index (χ1) is 14.4. The molecule has 1 saturated carbocycles. The number of carbonyl (C=O) groups is 2. The summed E-state index contributed by atoms with van der Waals surface area (Å²) in [5.74, 6) is 1.92. The average molecular weight is 433 g/mol. The summed E-state index contributed by atoms with van der Waals surface area (Å²) in [5.41, 5.74) is 2.56. The molecule has 0 spiro atoms. The lowest BCUT2D eigenvalue weighted by molar-refractivity contribution is -0.129. The maximum Gasteiger partial charge on any atom is 0.242 e. The van der Waals surface area contributed by atoms with Gasteiger partial charge in [-0.15, -0.1) is 0 Å². The molecule has 2 amide bonds. The van der Waals surface area contributed by atoms with Crippen LogP contribution in [-0.2, 0) is 21.4 Å². The van der Waals surface area contributed by atoms with Crippen LogP contribution in [0.3, 0.4) is 0 Å². The summed E-state index contributed by atoms with van der Waals surface area (Å²) in [6.07, 6.45) is 9.43. The summed E-state index contributed by atoms with van der Waals surface area (Å²) in [5, 5.41) is 6.28. The van der Waals surface area contributed by atoms with E-state index < -0.39 is 6.04 Å². The van der Waals surface area contributed by atoms with E-state index in [9.17, 15) is 9.59 Å². The monoisotopic (exact) mass is 432 g/mol. The third-order valence-corrected chi connectivity index (χ3v) is 7.59. The molecule has 166 valence electrons. The molecule has 0 aromatic heterocycles. The van der Waals surface area contributed by atoms with E-state index in [1.54, 1.807) is 18.9 Å². The van der Waals surface area contributed by atoms with Crippen molar-refractivity contribution in [3.63, 3.8) is 0 Å². The number of rotatable bonds is 7. The Morgan fingerprint density at radius 2 is 2.10 bits per heavy atom. The lowest BCUT2D eigenvalue weighted by Gasteiger charge is -2.49. The van der Waals surface area contributed by atoms with Crippen molar-refractivity contribution >= 4 is 23.6 Å². The fourth-order valence-corrected chi connectivity index (χ4v) is 5.87. The van der Waals surface area contributed by atoms with Gasteiger partial charge in [0.2, 0.25) is 11.8 Å². The molecule has 6 heteroatoms. The average Bonchev–Trinajstić information content (AvgIpc) is 2.72. The number of benzene rings is 1. The zero-order chi connectivity index (χ0) is 21.7. The van der Waals surface area contributed by atoms with Gasteiger partial charge in [0.1, 0.15) is 11.8 Å². The van der Waals surface area contributed by atoms with Crippen LogP contribution in [0.15, 0.2) is 18.2 Å². The summed E-state index contributed by atoms with van der Waals surface area (Å²) < 4.78 is 5.52. The predicted molar refractivity (Wildman–Crippen MR) is 123 cm³/mol. The SMILES string of the molecule is COc1ccc2c(c1)[C@@]1(C)CCCCC[C@@H](C2)[C@@H]1NC(=O)[C@H](CCSC)NC(C)=O. The fourth-order valence-electron chi connectivity index (χ4n) is 5.40. The highest BCUT2D eigenvalue weighted by atomic mass is 32.2. The number of methoxy groups -OCH3 is 1. The normalized spacial score (nSPS) is 26.5. The molecule has 2 aliphatic carbocycles. The number of carbonyl (C=O) groups excluding carboxylic acids is 2. The first-order valence-electron chi connectivity index (χ1n) is 11.1. The predicted octanol–water partition coefficient (Wildman–Crippen LogP) is 3.83. The molecule has 2 bridgehead atoms. The van der Waals surface area contributed by atoms with Crippen LogP contribution in [0.4, 0.5) is 0 Å². The number of thioether (sulfide) groups is 1. The fraction of sp³-hybridized carbons (Fsp3) is 0.667. The van der Waals surface area contributed by atoms with E-state index in [1.807, 2.05) is 6.26 Å². The minimum Gasteiger partial charge on any atom is -0.497 e. The van der Waals surface area contributed by atoms with Gasteiger partial charge in [0, 0.05) is 18.4 Å². The number of hydrogen-bond acceptors (Lipinski definition) is 4. The highest BCUT2D eigenvalue weighted by Gasteiger charge is 2.47. The van der Waals surface area contributed by atoms with Gasteiger partial charge in [-0.2, -0.15) is 11.8 Å². The van der Waals surface area contributed by atoms with Crippen molar-refractivity contribution in [2.75, 3.05) is 19.1 Å². The van der Waals surface area contributed by atoms with Crippen LogP contribution < -0.4 is 15.4 Å². The van der Waals surface area contributed by atoms with Crippen molar-refractivity contribution in [1.82, 2.24) is 10.6 Å². The molecule has 0 radical (unpaired) electrons. The van der Waals surface area contributed by atoms with Crippen LogP contribution in [0, 0.1) is 5.92 Å². The molecule has 4 atom stereocenters. The number of ether oxygens (including phenoxy) is 1. The smallest absolute Gasteiger partial charge is 0.242 e. The van der Waals surface area contributed by atoms with E-state index in [4.69, 9.17) is 4.74 Å². The van der Waals surface area contributed by atoms with Crippen molar-refractivity contribution < 1.29 is 14.3 Å². The number of fused-ring (bicyclic) bond motifs is 4. The van der Waals surface area contributed by atoms with Gasteiger partial charge in [0.05, 0.1) is 7.11 Å². The topological polar surface area (TPSA) is 67.4 Å². The third kappa shape index (κ3) is 4.96. The van der Waals surface area contributed by atoms with E-state index in [1.165, 1.54) is 30.9 Å². The van der Waals surface area contributed by atoms with E-state index in [-0.39, 0.29) is 23.3 Å². The molecule has 2 aliphatic rings. The Hall–Kier alpha value is -1.69. The second-order valence-electron chi connectivity index (χ2n) is 9.02. The van der Waals surface area contributed by atoms with Gasteiger partial charge >= 0.3 is 0 Å². The summed E-state index contributed by atoms with van der Waals surface area (Å²) in [6, 6.07) is 6.02. The number of nitrogens with one attached hydrogen (secondary N) is 2. The van der Waals surface area contributed by atoms with Gasteiger partial charge in [-0.25, -0.2) is 0 Å². The minimum atomic E-state index is -0.477. The van der Waals surface area contributed by atoms with Gasteiger partial charge in [-0.3, -0.25) is 9.59 Å². The van der Waals surface area contributed by atoms with E-state index in [0.29, 0.717) is 12.3 Å². The zero-order valence-corrected chi connectivity index (χ0v) is 19.6. The van der Waals surface area contributed by atoms with Crippen LogP contribution >= 0.6 is 11.8 Å². The summed E-state index contributed by atoms with van der Waals surface area (Å²) in [7, 11) is 1.71. The largest absolute Gasteiger partial charge is 0.497 e. The first-order valence-corrected chi connectivity index (χ1v) is 12.5. The second kappa shape index (κ2) is 10.1.